The maximum atomic E-state index is 3.55. The van der Waals surface area contributed by atoms with Crippen LogP contribution in [0.15, 0.2) is 0 Å². The van der Waals surface area contributed by atoms with Crippen molar-refractivity contribution >= 4 is 0 Å². The van der Waals surface area contributed by atoms with Crippen LogP contribution < -0.4 is 5.32 Å². The van der Waals surface area contributed by atoms with Gasteiger partial charge in [-0.2, -0.15) is 0 Å². The highest BCUT2D eigenvalue weighted by Crippen LogP contribution is 2.20. The fourth-order valence-corrected chi connectivity index (χ4v) is 6.35. The van der Waals surface area contributed by atoms with Crippen molar-refractivity contribution in [2.75, 3.05) is 26.2 Å². The minimum absolute atomic E-state index is 0.864. The molecule has 0 aliphatic carbocycles. The zero-order valence-electron chi connectivity index (χ0n) is 26.2. The smallest absolute Gasteiger partial charge is 0.0110 e. The van der Waals surface area contributed by atoms with Crippen LogP contribution in [0, 0.1) is 0 Å². The van der Waals surface area contributed by atoms with Gasteiger partial charge >= 0.3 is 0 Å². The van der Waals surface area contributed by atoms with Crippen LogP contribution >= 0.6 is 0 Å². The lowest BCUT2D eigenvalue weighted by atomic mass is 9.98. The van der Waals surface area contributed by atoms with Crippen molar-refractivity contribution in [3.8, 4) is 0 Å². The molecule has 0 aromatic carbocycles. The van der Waals surface area contributed by atoms with Gasteiger partial charge in [-0.1, -0.05) is 181 Å². The second-order valence-corrected chi connectivity index (χ2v) is 12.5. The molecule has 1 saturated heterocycles. The van der Waals surface area contributed by atoms with Gasteiger partial charge in [0.2, 0.25) is 0 Å². The van der Waals surface area contributed by atoms with Crippen molar-refractivity contribution in [3.05, 3.63) is 0 Å². The molecule has 2 nitrogen and oxygen atoms in total. The van der Waals surface area contributed by atoms with Crippen LogP contribution in [-0.4, -0.2) is 37.1 Å². The summed E-state index contributed by atoms with van der Waals surface area (Å²) in [5.41, 5.74) is 0. The second kappa shape index (κ2) is 28.9. The molecule has 0 aromatic rings. The maximum Gasteiger partial charge on any atom is 0.0110 e. The van der Waals surface area contributed by atoms with E-state index in [1.165, 1.54) is 206 Å². The van der Waals surface area contributed by atoms with Crippen LogP contribution in [0.4, 0.5) is 0 Å². The Morgan fingerprint density at radius 1 is 0.405 bits per heavy atom. The van der Waals surface area contributed by atoms with Crippen molar-refractivity contribution in [2.45, 2.75) is 200 Å². The van der Waals surface area contributed by atoms with Gasteiger partial charge in [-0.15, -0.1) is 0 Å². The molecule has 1 rings (SSSR count). The van der Waals surface area contributed by atoms with Gasteiger partial charge < -0.3 is 5.32 Å². The Balaban J connectivity index is 1.90. The molecule has 0 saturated carbocycles. The molecular weight excluding hydrogens is 448 g/mol. The Labute approximate surface area is 235 Å². The van der Waals surface area contributed by atoms with E-state index in [4.69, 9.17) is 0 Å². The Hall–Kier alpha value is -0.0800. The van der Waals surface area contributed by atoms with Gasteiger partial charge in [0.25, 0.3) is 0 Å². The molecule has 0 amide bonds. The average molecular weight is 521 g/mol. The fourth-order valence-electron chi connectivity index (χ4n) is 6.35. The summed E-state index contributed by atoms with van der Waals surface area (Å²) in [5.74, 6) is 0. The molecule has 0 radical (unpaired) electrons. The van der Waals surface area contributed by atoms with Gasteiger partial charge in [0.15, 0.2) is 0 Å². The van der Waals surface area contributed by atoms with Crippen molar-refractivity contribution in [1.82, 2.24) is 10.2 Å². The van der Waals surface area contributed by atoms with Crippen molar-refractivity contribution < 1.29 is 0 Å². The number of piperazine rings is 1. The zero-order chi connectivity index (χ0) is 26.5. The molecule has 1 atom stereocenters. The third-order valence-corrected chi connectivity index (χ3v) is 8.95. The van der Waals surface area contributed by atoms with Gasteiger partial charge in [-0.25, -0.2) is 0 Å². The van der Waals surface area contributed by atoms with Gasteiger partial charge in [-0.3, -0.25) is 4.90 Å². The Bertz CT molecular complexity index is 417. The van der Waals surface area contributed by atoms with E-state index in [1.807, 2.05) is 0 Å². The van der Waals surface area contributed by atoms with E-state index in [-0.39, 0.29) is 0 Å². The van der Waals surface area contributed by atoms with Crippen molar-refractivity contribution in [2.24, 2.45) is 0 Å². The minimum Gasteiger partial charge on any atom is -0.314 e. The first-order chi connectivity index (χ1) is 18.4. The number of rotatable bonds is 29. The molecular formula is C35H72N2. The summed E-state index contributed by atoms with van der Waals surface area (Å²) in [6.45, 7) is 9.59. The summed E-state index contributed by atoms with van der Waals surface area (Å²) in [7, 11) is 0. The fraction of sp³-hybridized carbons (Fsp3) is 1.00. The molecule has 222 valence electrons. The molecule has 37 heavy (non-hydrogen) atoms. The normalized spacial score (nSPS) is 15.4. The highest BCUT2D eigenvalue weighted by molar-refractivity contribution is 4.77. The Kier molecular flexibility index (Phi) is 27.3. The molecule has 0 spiro atoms. The quantitative estimate of drug-likeness (QED) is 0.0986. The molecule has 1 fully saturated rings. The summed E-state index contributed by atoms with van der Waals surface area (Å²) in [6, 6.07) is 0.864. The summed E-state index contributed by atoms with van der Waals surface area (Å²) >= 11 is 0. The monoisotopic (exact) mass is 521 g/mol. The molecule has 1 N–H and O–H groups in total. The van der Waals surface area contributed by atoms with Gasteiger partial charge in [0.05, 0.1) is 0 Å². The molecule has 1 aliphatic rings. The summed E-state index contributed by atoms with van der Waals surface area (Å²) < 4.78 is 0. The third kappa shape index (κ3) is 23.5. The van der Waals surface area contributed by atoms with Crippen LogP contribution in [0.3, 0.4) is 0 Å². The van der Waals surface area contributed by atoms with Crippen LogP contribution in [0.2, 0.25) is 0 Å². The zero-order valence-corrected chi connectivity index (χ0v) is 26.2. The molecule has 0 bridgehead atoms. The van der Waals surface area contributed by atoms with E-state index in [9.17, 15) is 0 Å². The minimum atomic E-state index is 0.864. The van der Waals surface area contributed by atoms with Gasteiger partial charge in [0.1, 0.15) is 0 Å². The van der Waals surface area contributed by atoms with Crippen LogP contribution in [0.5, 0.6) is 0 Å². The molecule has 2 heteroatoms. The highest BCUT2D eigenvalue weighted by Gasteiger charge is 2.19. The number of nitrogens with zero attached hydrogens (tertiary/aromatic N) is 1. The van der Waals surface area contributed by atoms with Gasteiger partial charge in [0, 0.05) is 32.2 Å². The predicted octanol–water partition coefficient (Wildman–Crippen LogP) is 11.2. The molecule has 0 aromatic heterocycles. The predicted molar refractivity (Wildman–Crippen MR) is 169 cm³/mol. The maximum absolute atomic E-state index is 3.55. The van der Waals surface area contributed by atoms with E-state index in [2.05, 4.69) is 24.1 Å². The Morgan fingerprint density at radius 2 is 0.676 bits per heavy atom. The molecule has 1 heterocycles. The average Bonchev–Trinajstić information content (AvgIpc) is 2.93. The first-order valence-corrected chi connectivity index (χ1v) is 17.8. The summed E-state index contributed by atoms with van der Waals surface area (Å²) in [4.78, 5) is 2.82. The van der Waals surface area contributed by atoms with Crippen LogP contribution in [0.1, 0.15) is 194 Å². The first kappa shape index (κ1) is 34.9. The number of nitrogens with one attached hydrogen (secondary N) is 1. The highest BCUT2D eigenvalue weighted by atomic mass is 15.2. The standard InChI is InChI=1S/C35H72N2/c1-3-5-7-9-11-12-13-14-15-16-17-18-19-20-21-22-24-26-28-30-35(37-33-31-36-32-34-37)29-27-25-23-10-8-6-4-2/h35-36H,3-34H2,1-2H3. The van der Waals surface area contributed by atoms with Gasteiger partial charge in [-0.05, 0) is 12.8 Å². The first-order valence-electron chi connectivity index (χ1n) is 17.8. The van der Waals surface area contributed by atoms with Crippen molar-refractivity contribution in [3.63, 3.8) is 0 Å². The number of hydrogen-bond acceptors (Lipinski definition) is 2. The topological polar surface area (TPSA) is 15.3 Å². The van der Waals surface area contributed by atoms with E-state index in [1.54, 1.807) is 0 Å². The summed E-state index contributed by atoms with van der Waals surface area (Å²) in [5, 5.41) is 3.55. The van der Waals surface area contributed by atoms with E-state index < -0.39 is 0 Å². The second-order valence-electron chi connectivity index (χ2n) is 12.5. The lowest BCUT2D eigenvalue weighted by Gasteiger charge is -2.35. The van der Waals surface area contributed by atoms with Crippen LogP contribution in [-0.2, 0) is 0 Å². The lowest BCUT2D eigenvalue weighted by Crippen LogP contribution is -2.48. The Morgan fingerprint density at radius 3 is 0.973 bits per heavy atom. The van der Waals surface area contributed by atoms with Crippen LogP contribution in [0.25, 0.3) is 0 Å². The third-order valence-electron chi connectivity index (χ3n) is 8.95. The summed E-state index contributed by atoms with van der Waals surface area (Å²) in [6.07, 6.45) is 41.0. The van der Waals surface area contributed by atoms with Crippen molar-refractivity contribution in [1.29, 1.82) is 0 Å². The number of unbranched alkanes of at least 4 members (excludes halogenated alkanes) is 24. The van der Waals surface area contributed by atoms with E-state index in [0.29, 0.717) is 0 Å². The largest absolute Gasteiger partial charge is 0.314 e. The molecule has 1 aliphatic heterocycles. The molecule has 1 unspecified atom stereocenters. The SMILES string of the molecule is CCCCCCCCCCCCCCCCCCCCCC(CCCCCCCCC)N1CCNCC1. The number of hydrogen-bond donors (Lipinski definition) is 1. The van der Waals surface area contributed by atoms with E-state index >= 15 is 0 Å². The van der Waals surface area contributed by atoms with E-state index in [0.717, 1.165) is 6.04 Å². The lowest BCUT2D eigenvalue weighted by molar-refractivity contribution is 0.151.